The average molecular weight is 381 g/mol. The van der Waals surface area contributed by atoms with Gasteiger partial charge in [-0.05, 0) is 37.0 Å². The number of esters is 1. The first-order valence-corrected chi connectivity index (χ1v) is 9.54. The molecule has 0 radical (unpaired) electrons. The zero-order valence-corrected chi connectivity index (χ0v) is 16.7. The number of rotatable bonds is 9. The highest BCUT2D eigenvalue weighted by Gasteiger charge is 2.13. The minimum atomic E-state index is -0.562. The van der Waals surface area contributed by atoms with Gasteiger partial charge in [0.25, 0.3) is 5.91 Å². The Morgan fingerprint density at radius 2 is 1.57 bits per heavy atom. The zero-order valence-electron chi connectivity index (χ0n) is 16.7. The lowest BCUT2D eigenvalue weighted by atomic mass is 10.0. The Morgan fingerprint density at radius 3 is 2.18 bits per heavy atom. The summed E-state index contributed by atoms with van der Waals surface area (Å²) >= 11 is 0. The van der Waals surface area contributed by atoms with Crippen molar-refractivity contribution >= 4 is 23.3 Å². The van der Waals surface area contributed by atoms with Gasteiger partial charge in [0.15, 0.2) is 12.4 Å². The van der Waals surface area contributed by atoms with Crippen molar-refractivity contribution in [3.05, 3.63) is 64.7 Å². The van der Waals surface area contributed by atoms with Crippen molar-refractivity contribution in [2.75, 3.05) is 11.9 Å². The van der Waals surface area contributed by atoms with Crippen LogP contribution in [0.15, 0.2) is 42.5 Å². The molecular formula is C23H27NO4. The summed E-state index contributed by atoms with van der Waals surface area (Å²) in [6.07, 6.45) is 2.04. The predicted octanol–water partition coefficient (Wildman–Crippen LogP) is 4.40. The lowest BCUT2D eigenvalue weighted by Crippen LogP contribution is -2.22. The van der Waals surface area contributed by atoms with Crippen LogP contribution in [0.4, 0.5) is 5.69 Å². The molecule has 0 spiro atoms. The molecule has 0 aliphatic heterocycles. The van der Waals surface area contributed by atoms with Crippen LogP contribution in [0.5, 0.6) is 0 Å². The molecule has 1 amide bonds. The number of carbonyl (C=O) groups excluding carboxylic acids is 3. The summed E-state index contributed by atoms with van der Waals surface area (Å²) in [7, 11) is 0. The first-order chi connectivity index (χ1) is 13.4. The zero-order chi connectivity index (χ0) is 20.5. The van der Waals surface area contributed by atoms with Gasteiger partial charge in [-0.2, -0.15) is 0 Å². The van der Waals surface area contributed by atoms with Crippen LogP contribution in [-0.2, 0) is 20.7 Å². The number of Topliss-reactive ketones (excluding diaryl/α,β-unsaturated/α-hetero) is 1. The number of benzene rings is 2. The smallest absolute Gasteiger partial charge is 0.306 e. The summed E-state index contributed by atoms with van der Waals surface area (Å²) in [5, 5.41) is 2.76. The number of hydrogen-bond donors (Lipinski definition) is 1. The van der Waals surface area contributed by atoms with E-state index in [-0.39, 0.29) is 25.2 Å². The van der Waals surface area contributed by atoms with E-state index in [2.05, 4.69) is 12.2 Å². The third-order valence-electron chi connectivity index (χ3n) is 4.48. The summed E-state index contributed by atoms with van der Waals surface area (Å²) in [6, 6.07) is 13.2. The SMILES string of the molecule is CCCc1ccc(C(=O)CCC(=O)OCC(=O)Nc2c(C)cccc2C)cc1. The second-order valence-electron chi connectivity index (χ2n) is 6.85. The number of hydrogen-bond acceptors (Lipinski definition) is 4. The quantitative estimate of drug-likeness (QED) is 0.516. The van der Waals surface area contributed by atoms with Crippen molar-refractivity contribution in [2.24, 2.45) is 0 Å². The maximum atomic E-state index is 12.2. The van der Waals surface area contributed by atoms with E-state index in [9.17, 15) is 14.4 Å². The Labute approximate surface area is 166 Å². The van der Waals surface area contributed by atoms with Crippen molar-refractivity contribution < 1.29 is 19.1 Å². The molecule has 0 heterocycles. The van der Waals surface area contributed by atoms with Gasteiger partial charge in [0.05, 0.1) is 6.42 Å². The number of para-hydroxylation sites is 1. The first kappa shape index (κ1) is 21.4. The van der Waals surface area contributed by atoms with Crippen LogP contribution in [0.25, 0.3) is 0 Å². The van der Waals surface area contributed by atoms with Gasteiger partial charge >= 0.3 is 5.97 Å². The predicted molar refractivity (Wildman–Crippen MR) is 110 cm³/mol. The molecule has 0 fully saturated rings. The molecule has 0 bridgehead atoms. The Morgan fingerprint density at radius 1 is 0.929 bits per heavy atom. The van der Waals surface area contributed by atoms with Gasteiger partial charge in [-0.3, -0.25) is 14.4 Å². The molecule has 148 valence electrons. The van der Waals surface area contributed by atoms with Crippen LogP contribution in [0.3, 0.4) is 0 Å². The van der Waals surface area contributed by atoms with Gasteiger partial charge < -0.3 is 10.1 Å². The van der Waals surface area contributed by atoms with Crippen LogP contribution in [0.1, 0.15) is 53.2 Å². The summed E-state index contributed by atoms with van der Waals surface area (Å²) in [6.45, 7) is 5.53. The standard InChI is InChI=1S/C23H27NO4/c1-4-6-18-9-11-19(12-10-18)20(25)13-14-22(27)28-15-21(26)24-23-16(2)7-5-8-17(23)3/h5,7-12H,4,6,13-15H2,1-3H3,(H,24,26). The molecule has 0 aliphatic rings. The maximum Gasteiger partial charge on any atom is 0.306 e. The minimum absolute atomic E-state index is 0.0494. The van der Waals surface area contributed by atoms with Crippen LogP contribution in [-0.4, -0.2) is 24.3 Å². The van der Waals surface area contributed by atoms with Crippen LogP contribution in [0.2, 0.25) is 0 Å². The second kappa shape index (κ2) is 10.4. The van der Waals surface area contributed by atoms with E-state index >= 15 is 0 Å². The van der Waals surface area contributed by atoms with Crippen molar-refractivity contribution in [1.29, 1.82) is 0 Å². The molecule has 0 saturated heterocycles. The normalized spacial score (nSPS) is 10.4. The van der Waals surface area contributed by atoms with Gasteiger partial charge in [0, 0.05) is 17.7 Å². The molecule has 28 heavy (non-hydrogen) atoms. The van der Waals surface area contributed by atoms with Gasteiger partial charge in [-0.1, -0.05) is 55.8 Å². The van der Waals surface area contributed by atoms with Crippen molar-refractivity contribution in [3.8, 4) is 0 Å². The number of ketones is 1. The number of aryl methyl sites for hydroxylation is 3. The summed E-state index contributed by atoms with van der Waals surface area (Å²) in [5.41, 5.74) is 4.38. The second-order valence-corrected chi connectivity index (χ2v) is 6.85. The Hall–Kier alpha value is -2.95. The van der Waals surface area contributed by atoms with E-state index in [1.165, 1.54) is 5.56 Å². The molecule has 0 aliphatic carbocycles. The van der Waals surface area contributed by atoms with Crippen molar-refractivity contribution in [3.63, 3.8) is 0 Å². The molecule has 2 aromatic rings. The molecular weight excluding hydrogens is 354 g/mol. The van der Waals surface area contributed by atoms with Crippen LogP contribution >= 0.6 is 0 Å². The number of amides is 1. The van der Waals surface area contributed by atoms with Gasteiger partial charge in [0.2, 0.25) is 0 Å². The summed E-state index contributed by atoms with van der Waals surface area (Å²) in [5.74, 6) is -1.07. The lowest BCUT2D eigenvalue weighted by molar-refractivity contribution is -0.147. The van der Waals surface area contributed by atoms with Crippen LogP contribution < -0.4 is 5.32 Å². The van der Waals surface area contributed by atoms with Crippen LogP contribution in [0, 0.1) is 13.8 Å². The summed E-state index contributed by atoms with van der Waals surface area (Å²) in [4.78, 5) is 36.1. The Balaban J connectivity index is 1.76. The largest absolute Gasteiger partial charge is 0.456 e. The molecule has 0 atom stereocenters. The van der Waals surface area contributed by atoms with E-state index < -0.39 is 11.9 Å². The molecule has 2 rings (SSSR count). The monoisotopic (exact) mass is 381 g/mol. The van der Waals surface area contributed by atoms with Gasteiger partial charge in [-0.25, -0.2) is 0 Å². The number of anilines is 1. The van der Waals surface area contributed by atoms with E-state index in [1.807, 2.05) is 44.2 Å². The number of carbonyl (C=O) groups is 3. The molecule has 5 nitrogen and oxygen atoms in total. The highest BCUT2D eigenvalue weighted by atomic mass is 16.5. The molecule has 1 N–H and O–H groups in total. The number of nitrogens with one attached hydrogen (secondary N) is 1. The molecule has 0 aromatic heterocycles. The highest BCUT2D eigenvalue weighted by molar-refractivity contribution is 5.98. The average Bonchev–Trinajstić information content (AvgIpc) is 2.68. The Kier molecular flexibility index (Phi) is 7.93. The molecule has 2 aromatic carbocycles. The Bertz CT molecular complexity index is 820. The lowest BCUT2D eigenvalue weighted by Gasteiger charge is -2.11. The molecule has 5 heteroatoms. The minimum Gasteiger partial charge on any atom is -0.456 e. The fourth-order valence-electron chi connectivity index (χ4n) is 2.91. The third kappa shape index (κ3) is 6.34. The van der Waals surface area contributed by atoms with Gasteiger partial charge in [0.1, 0.15) is 0 Å². The van der Waals surface area contributed by atoms with Crippen molar-refractivity contribution in [2.45, 2.75) is 46.5 Å². The highest BCUT2D eigenvalue weighted by Crippen LogP contribution is 2.19. The number of ether oxygens (including phenoxy) is 1. The fraction of sp³-hybridized carbons (Fsp3) is 0.348. The van der Waals surface area contributed by atoms with E-state index in [1.54, 1.807) is 12.1 Å². The maximum absolute atomic E-state index is 12.2. The van der Waals surface area contributed by atoms with E-state index in [0.29, 0.717) is 5.56 Å². The molecule has 0 saturated carbocycles. The van der Waals surface area contributed by atoms with E-state index in [4.69, 9.17) is 4.74 Å². The fourth-order valence-corrected chi connectivity index (χ4v) is 2.91. The van der Waals surface area contributed by atoms with E-state index in [0.717, 1.165) is 29.7 Å². The molecule has 0 unspecified atom stereocenters. The first-order valence-electron chi connectivity index (χ1n) is 9.54. The van der Waals surface area contributed by atoms with Crippen molar-refractivity contribution in [1.82, 2.24) is 0 Å². The third-order valence-corrected chi connectivity index (χ3v) is 4.48. The topological polar surface area (TPSA) is 72.5 Å². The van der Waals surface area contributed by atoms with Gasteiger partial charge in [-0.15, -0.1) is 0 Å². The summed E-state index contributed by atoms with van der Waals surface area (Å²) < 4.78 is 4.99.